The van der Waals surface area contributed by atoms with Crippen LogP contribution < -0.4 is 5.73 Å². The molecule has 0 bridgehead atoms. The molecule has 2 aliphatic rings. The van der Waals surface area contributed by atoms with E-state index < -0.39 is 0 Å². The van der Waals surface area contributed by atoms with Crippen molar-refractivity contribution in [3.63, 3.8) is 0 Å². The van der Waals surface area contributed by atoms with Crippen LogP contribution in [0.25, 0.3) is 0 Å². The van der Waals surface area contributed by atoms with Gasteiger partial charge in [0.2, 0.25) is 0 Å². The first kappa shape index (κ1) is 9.25. The molecule has 2 saturated carbocycles. The van der Waals surface area contributed by atoms with Gasteiger partial charge >= 0.3 is 0 Å². The molecule has 2 unspecified atom stereocenters. The van der Waals surface area contributed by atoms with Crippen LogP contribution in [0.15, 0.2) is 0 Å². The summed E-state index contributed by atoms with van der Waals surface area (Å²) in [5.41, 5.74) is 8.94. The minimum absolute atomic E-state index is 0.428. The van der Waals surface area contributed by atoms with E-state index in [-0.39, 0.29) is 0 Å². The molecule has 0 amide bonds. The zero-order valence-corrected chi connectivity index (χ0v) is 9.58. The first-order valence-corrected chi connectivity index (χ1v) is 5.95. The molecule has 2 fully saturated rings. The number of anilines is 1. The molecule has 0 aromatic carbocycles. The Balaban J connectivity index is 2.03. The monoisotopic (exact) mass is 205 g/mol. The van der Waals surface area contributed by atoms with E-state index in [9.17, 15) is 0 Å². The smallest absolute Gasteiger partial charge is 0.124 e. The molecular weight excluding hydrogens is 186 g/mol. The minimum atomic E-state index is 0.428. The van der Waals surface area contributed by atoms with Crippen LogP contribution in [-0.4, -0.2) is 9.78 Å². The lowest BCUT2D eigenvalue weighted by Crippen LogP contribution is -2.16. The van der Waals surface area contributed by atoms with E-state index in [1.165, 1.54) is 43.4 Å². The van der Waals surface area contributed by atoms with Crippen molar-refractivity contribution in [1.29, 1.82) is 0 Å². The molecule has 2 aliphatic carbocycles. The van der Waals surface area contributed by atoms with Crippen LogP contribution in [0.3, 0.4) is 0 Å². The van der Waals surface area contributed by atoms with Crippen molar-refractivity contribution >= 4 is 5.82 Å². The summed E-state index contributed by atoms with van der Waals surface area (Å²) < 4.78 is 1.84. The Morgan fingerprint density at radius 2 is 2.27 bits per heavy atom. The highest BCUT2D eigenvalue weighted by molar-refractivity contribution is 5.47. The van der Waals surface area contributed by atoms with Crippen LogP contribution in [0.2, 0.25) is 0 Å². The minimum Gasteiger partial charge on any atom is -0.384 e. The van der Waals surface area contributed by atoms with Crippen molar-refractivity contribution in [2.45, 2.75) is 44.4 Å². The molecule has 0 aliphatic heterocycles. The number of fused-ring (bicyclic) bond motifs is 1. The van der Waals surface area contributed by atoms with E-state index in [1.54, 1.807) is 0 Å². The van der Waals surface area contributed by atoms with Crippen molar-refractivity contribution < 1.29 is 0 Å². The number of hydrogen-bond donors (Lipinski definition) is 1. The Morgan fingerprint density at radius 1 is 1.47 bits per heavy atom. The predicted octanol–water partition coefficient (Wildman–Crippen LogP) is 2.14. The molecule has 3 heteroatoms. The zero-order valence-electron chi connectivity index (χ0n) is 9.58. The van der Waals surface area contributed by atoms with Crippen molar-refractivity contribution in [3.8, 4) is 0 Å². The van der Waals surface area contributed by atoms with Gasteiger partial charge in [0, 0.05) is 18.0 Å². The van der Waals surface area contributed by atoms with Gasteiger partial charge in [0.25, 0.3) is 0 Å². The highest BCUT2D eigenvalue weighted by Gasteiger charge is 2.58. The van der Waals surface area contributed by atoms with Gasteiger partial charge in [-0.05, 0) is 32.1 Å². The van der Waals surface area contributed by atoms with E-state index >= 15 is 0 Å². The number of rotatable bonds is 1. The molecule has 3 nitrogen and oxygen atoms in total. The van der Waals surface area contributed by atoms with Gasteiger partial charge in [0.1, 0.15) is 5.82 Å². The third-order valence-corrected chi connectivity index (χ3v) is 4.47. The van der Waals surface area contributed by atoms with Gasteiger partial charge in [0.05, 0.1) is 5.69 Å². The number of aryl methyl sites for hydroxylation is 1. The standard InChI is InChI=1S/C12H19N3/c1-8-10(14-15(2)11(8)13)12-6-4-3-5-9(12)7-12/h9H,3-7,13H2,1-2H3. The van der Waals surface area contributed by atoms with Crippen LogP contribution in [0, 0.1) is 12.8 Å². The normalized spacial score (nSPS) is 33.9. The van der Waals surface area contributed by atoms with E-state index in [0.29, 0.717) is 5.41 Å². The lowest BCUT2D eigenvalue weighted by Gasteiger charge is -2.20. The molecule has 82 valence electrons. The molecule has 1 aromatic rings. The molecule has 0 saturated heterocycles. The van der Waals surface area contributed by atoms with E-state index in [0.717, 1.165) is 11.7 Å². The third-order valence-electron chi connectivity index (χ3n) is 4.47. The van der Waals surface area contributed by atoms with Crippen LogP contribution in [-0.2, 0) is 12.5 Å². The Labute approximate surface area is 90.7 Å². The number of hydrogen-bond acceptors (Lipinski definition) is 2. The summed E-state index contributed by atoms with van der Waals surface area (Å²) in [6, 6.07) is 0. The van der Waals surface area contributed by atoms with Gasteiger partial charge in [-0.15, -0.1) is 0 Å². The largest absolute Gasteiger partial charge is 0.384 e. The average molecular weight is 205 g/mol. The van der Waals surface area contributed by atoms with E-state index in [2.05, 4.69) is 12.0 Å². The van der Waals surface area contributed by atoms with Crippen molar-refractivity contribution in [1.82, 2.24) is 9.78 Å². The number of nitrogens with zero attached hydrogens (tertiary/aromatic N) is 2. The molecule has 15 heavy (non-hydrogen) atoms. The first-order valence-electron chi connectivity index (χ1n) is 5.95. The van der Waals surface area contributed by atoms with Crippen LogP contribution >= 0.6 is 0 Å². The van der Waals surface area contributed by atoms with Gasteiger partial charge in [0.15, 0.2) is 0 Å². The van der Waals surface area contributed by atoms with E-state index in [1.807, 2.05) is 11.7 Å². The Hall–Kier alpha value is -0.990. The predicted molar refractivity (Wildman–Crippen MR) is 60.6 cm³/mol. The highest BCUT2D eigenvalue weighted by Crippen LogP contribution is 2.62. The Bertz CT molecular complexity index is 407. The summed E-state index contributed by atoms with van der Waals surface area (Å²) in [4.78, 5) is 0. The lowest BCUT2D eigenvalue weighted by atomic mass is 9.84. The maximum absolute atomic E-state index is 5.99. The molecular formula is C12H19N3. The second kappa shape index (κ2) is 2.77. The van der Waals surface area contributed by atoms with E-state index in [4.69, 9.17) is 5.73 Å². The maximum atomic E-state index is 5.99. The lowest BCUT2D eigenvalue weighted by molar-refractivity contribution is 0.417. The number of nitrogen functional groups attached to an aromatic ring is 1. The fourth-order valence-corrected chi connectivity index (χ4v) is 3.42. The Kier molecular flexibility index (Phi) is 1.71. The van der Waals surface area contributed by atoms with Crippen LogP contribution in [0.1, 0.15) is 43.4 Å². The first-order chi connectivity index (χ1) is 7.15. The fourth-order valence-electron chi connectivity index (χ4n) is 3.42. The molecule has 0 radical (unpaired) electrons. The second-order valence-corrected chi connectivity index (χ2v) is 5.29. The van der Waals surface area contributed by atoms with Gasteiger partial charge < -0.3 is 5.73 Å². The SMILES string of the molecule is Cc1c(C23CCCCC2C3)nn(C)c1N. The van der Waals surface area contributed by atoms with Crippen LogP contribution in [0.5, 0.6) is 0 Å². The molecule has 1 heterocycles. The van der Waals surface area contributed by atoms with Crippen molar-refractivity contribution in [2.75, 3.05) is 5.73 Å². The molecule has 0 spiro atoms. The quantitative estimate of drug-likeness (QED) is 0.763. The molecule has 1 aromatic heterocycles. The third kappa shape index (κ3) is 1.09. The zero-order chi connectivity index (χ0) is 10.6. The fraction of sp³-hybridized carbons (Fsp3) is 0.750. The summed E-state index contributed by atoms with van der Waals surface area (Å²) in [5.74, 6) is 1.75. The van der Waals surface area contributed by atoms with Crippen molar-refractivity contribution in [3.05, 3.63) is 11.3 Å². The molecule has 3 rings (SSSR count). The average Bonchev–Trinajstić information content (AvgIpc) is 2.92. The van der Waals surface area contributed by atoms with Gasteiger partial charge in [-0.2, -0.15) is 5.10 Å². The summed E-state index contributed by atoms with van der Waals surface area (Å²) in [7, 11) is 1.95. The Morgan fingerprint density at radius 3 is 2.87 bits per heavy atom. The number of nitrogens with two attached hydrogens (primary N) is 1. The second-order valence-electron chi connectivity index (χ2n) is 5.29. The van der Waals surface area contributed by atoms with Crippen molar-refractivity contribution in [2.24, 2.45) is 13.0 Å². The van der Waals surface area contributed by atoms with Gasteiger partial charge in [-0.3, -0.25) is 4.68 Å². The van der Waals surface area contributed by atoms with Gasteiger partial charge in [-0.1, -0.05) is 12.8 Å². The summed E-state index contributed by atoms with van der Waals surface area (Å²) in [5, 5.41) is 4.64. The highest BCUT2D eigenvalue weighted by atomic mass is 15.3. The summed E-state index contributed by atoms with van der Waals surface area (Å²) in [6.07, 6.45) is 6.86. The summed E-state index contributed by atoms with van der Waals surface area (Å²) in [6.45, 7) is 2.12. The van der Waals surface area contributed by atoms with Crippen LogP contribution in [0.4, 0.5) is 5.82 Å². The molecule has 2 N–H and O–H groups in total. The summed E-state index contributed by atoms with van der Waals surface area (Å²) >= 11 is 0. The maximum Gasteiger partial charge on any atom is 0.124 e. The molecule has 2 atom stereocenters. The topological polar surface area (TPSA) is 43.8 Å². The van der Waals surface area contributed by atoms with Gasteiger partial charge in [-0.25, -0.2) is 0 Å². The number of aromatic nitrogens is 2.